The van der Waals surface area contributed by atoms with Gasteiger partial charge >= 0.3 is 0 Å². The molecule has 0 radical (unpaired) electrons. The van der Waals surface area contributed by atoms with E-state index in [2.05, 4.69) is 24.0 Å². The summed E-state index contributed by atoms with van der Waals surface area (Å²) in [5.41, 5.74) is 11.4. The van der Waals surface area contributed by atoms with Gasteiger partial charge in [-0.2, -0.15) is 5.26 Å². The van der Waals surface area contributed by atoms with Crippen LogP contribution in [0.5, 0.6) is 5.75 Å². The Morgan fingerprint density at radius 1 is 1.29 bits per heavy atom. The minimum atomic E-state index is 0.182. The second-order valence-corrected chi connectivity index (χ2v) is 6.17. The summed E-state index contributed by atoms with van der Waals surface area (Å²) in [4.78, 5) is 4.46. The van der Waals surface area contributed by atoms with Crippen LogP contribution in [0.1, 0.15) is 34.6 Å². The van der Waals surface area contributed by atoms with E-state index in [1.54, 1.807) is 7.11 Å². The van der Waals surface area contributed by atoms with Gasteiger partial charge in [0.05, 0.1) is 25.0 Å². The quantitative estimate of drug-likeness (QED) is 0.937. The first kappa shape index (κ1) is 16.3. The van der Waals surface area contributed by atoms with E-state index in [0.717, 1.165) is 40.1 Å². The summed E-state index contributed by atoms with van der Waals surface area (Å²) in [5.74, 6) is 1.20. The fourth-order valence-corrected chi connectivity index (χ4v) is 3.11. The fourth-order valence-electron chi connectivity index (χ4n) is 3.11. The molecule has 2 N–H and O–H groups in total. The van der Waals surface area contributed by atoms with E-state index < -0.39 is 0 Å². The topological polar surface area (TPSA) is 81.2 Å². The second-order valence-electron chi connectivity index (χ2n) is 6.17. The number of nitriles is 1. The SMILES string of the molecule is COc1cc(C)c(C)cc1-c1cc(C2CCOC2)c(C#N)c(N)n1. The third-order valence-corrected chi connectivity index (χ3v) is 4.65. The molecule has 1 aromatic carbocycles. The van der Waals surface area contributed by atoms with Crippen LogP contribution in [-0.4, -0.2) is 25.3 Å². The molecule has 0 aliphatic carbocycles. The lowest BCUT2D eigenvalue weighted by molar-refractivity contribution is 0.194. The molecule has 1 saturated heterocycles. The Morgan fingerprint density at radius 2 is 2.04 bits per heavy atom. The zero-order valence-corrected chi connectivity index (χ0v) is 14.2. The van der Waals surface area contributed by atoms with Crippen LogP contribution in [0.4, 0.5) is 5.82 Å². The zero-order valence-electron chi connectivity index (χ0n) is 14.2. The molecule has 0 spiro atoms. The third kappa shape index (κ3) is 2.81. The molecular weight excluding hydrogens is 302 g/mol. The molecule has 1 aromatic heterocycles. The number of benzene rings is 1. The summed E-state index contributed by atoms with van der Waals surface area (Å²) in [6.45, 7) is 5.42. The maximum Gasteiger partial charge on any atom is 0.142 e. The number of rotatable bonds is 3. The van der Waals surface area contributed by atoms with E-state index in [9.17, 15) is 5.26 Å². The van der Waals surface area contributed by atoms with Crippen molar-refractivity contribution in [1.29, 1.82) is 5.26 Å². The molecule has 1 unspecified atom stereocenters. The average Bonchev–Trinajstić information content (AvgIpc) is 3.10. The molecule has 1 fully saturated rings. The van der Waals surface area contributed by atoms with Gasteiger partial charge in [-0.25, -0.2) is 4.98 Å². The molecule has 0 bridgehead atoms. The summed E-state index contributed by atoms with van der Waals surface area (Å²) >= 11 is 0. The molecule has 5 heteroatoms. The monoisotopic (exact) mass is 323 g/mol. The van der Waals surface area contributed by atoms with Crippen molar-refractivity contribution in [2.75, 3.05) is 26.1 Å². The van der Waals surface area contributed by atoms with Crippen molar-refractivity contribution in [3.05, 3.63) is 40.5 Å². The lowest BCUT2D eigenvalue weighted by atomic mass is 9.92. The maximum absolute atomic E-state index is 9.47. The van der Waals surface area contributed by atoms with Crippen molar-refractivity contribution < 1.29 is 9.47 Å². The van der Waals surface area contributed by atoms with E-state index in [-0.39, 0.29) is 11.7 Å². The van der Waals surface area contributed by atoms with E-state index in [4.69, 9.17) is 15.2 Å². The first-order chi connectivity index (χ1) is 11.5. The first-order valence-electron chi connectivity index (χ1n) is 7.99. The number of hydrogen-bond donors (Lipinski definition) is 1. The number of nitrogens with two attached hydrogens (primary N) is 1. The van der Waals surface area contributed by atoms with Gasteiger partial charge < -0.3 is 15.2 Å². The van der Waals surface area contributed by atoms with Gasteiger partial charge in [-0.15, -0.1) is 0 Å². The summed E-state index contributed by atoms with van der Waals surface area (Å²) in [6, 6.07) is 8.21. The van der Waals surface area contributed by atoms with Crippen molar-refractivity contribution in [2.45, 2.75) is 26.2 Å². The molecule has 0 saturated carbocycles. The van der Waals surface area contributed by atoms with E-state index in [0.29, 0.717) is 18.8 Å². The van der Waals surface area contributed by atoms with Crippen LogP contribution in [0.15, 0.2) is 18.2 Å². The second kappa shape index (κ2) is 6.50. The molecule has 2 heterocycles. The Bertz CT molecular complexity index is 818. The number of nitrogens with zero attached hydrogens (tertiary/aromatic N) is 2. The van der Waals surface area contributed by atoms with Crippen LogP contribution in [0.2, 0.25) is 0 Å². The molecule has 24 heavy (non-hydrogen) atoms. The molecular formula is C19H21N3O2. The van der Waals surface area contributed by atoms with E-state index in [1.165, 1.54) is 0 Å². The van der Waals surface area contributed by atoms with Crippen LogP contribution in [0.3, 0.4) is 0 Å². The van der Waals surface area contributed by atoms with Crippen LogP contribution < -0.4 is 10.5 Å². The number of anilines is 1. The van der Waals surface area contributed by atoms with Gasteiger partial charge in [-0.1, -0.05) is 0 Å². The first-order valence-corrected chi connectivity index (χ1v) is 7.99. The van der Waals surface area contributed by atoms with Crippen molar-refractivity contribution >= 4 is 5.82 Å². The van der Waals surface area contributed by atoms with Crippen molar-refractivity contribution in [3.63, 3.8) is 0 Å². The Labute approximate surface area is 142 Å². The summed E-state index contributed by atoms with van der Waals surface area (Å²) in [5, 5.41) is 9.47. The van der Waals surface area contributed by atoms with Crippen LogP contribution in [0, 0.1) is 25.2 Å². The summed E-state index contributed by atoms with van der Waals surface area (Å²) in [7, 11) is 1.65. The predicted molar refractivity (Wildman–Crippen MR) is 93.0 cm³/mol. The summed E-state index contributed by atoms with van der Waals surface area (Å²) in [6.07, 6.45) is 0.891. The number of aromatic nitrogens is 1. The molecule has 1 atom stereocenters. The lowest BCUT2D eigenvalue weighted by Crippen LogP contribution is -2.07. The lowest BCUT2D eigenvalue weighted by Gasteiger charge is -2.16. The minimum Gasteiger partial charge on any atom is -0.496 e. The zero-order chi connectivity index (χ0) is 17.3. The van der Waals surface area contributed by atoms with Gasteiger partial charge in [0.2, 0.25) is 0 Å². The van der Waals surface area contributed by atoms with Gasteiger partial charge in [0.15, 0.2) is 0 Å². The Morgan fingerprint density at radius 3 is 2.67 bits per heavy atom. The molecule has 1 aliphatic rings. The Kier molecular flexibility index (Phi) is 4.41. The number of ether oxygens (including phenoxy) is 2. The predicted octanol–water partition coefficient (Wildman–Crippen LogP) is 3.33. The molecule has 3 rings (SSSR count). The number of pyridine rings is 1. The van der Waals surface area contributed by atoms with Gasteiger partial charge in [-0.3, -0.25) is 0 Å². The van der Waals surface area contributed by atoms with E-state index >= 15 is 0 Å². The largest absolute Gasteiger partial charge is 0.496 e. The standard InChI is InChI=1S/C19H21N3O2/c1-11-6-15(18(23-3)7-12(11)2)17-8-14(13-4-5-24-10-13)16(9-20)19(21)22-17/h6-8,13H,4-5,10H2,1-3H3,(H2,21,22). The van der Waals surface area contributed by atoms with Gasteiger partial charge in [0.1, 0.15) is 17.6 Å². The molecule has 2 aromatic rings. The average molecular weight is 323 g/mol. The normalized spacial score (nSPS) is 16.8. The highest BCUT2D eigenvalue weighted by Crippen LogP contribution is 2.37. The van der Waals surface area contributed by atoms with Gasteiger partial charge in [0, 0.05) is 18.1 Å². The molecule has 5 nitrogen and oxygen atoms in total. The molecule has 1 aliphatic heterocycles. The minimum absolute atomic E-state index is 0.182. The van der Waals surface area contributed by atoms with Crippen molar-refractivity contribution in [2.24, 2.45) is 0 Å². The maximum atomic E-state index is 9.47. The number of aryl methyl sites for hydroxylation is 2. The highest BCUT2D eigenvalue weighted by Gasteiger charge is 2.24. The van der Waals surface area contributed by atoms with Crippen LogP contribution in [0.25, 0.3) is 11.3 Å². The smallest absolute Gasteiger partial charge is 0.142 e. The van der Waals surface area contributed by atoms with Crippen LogP contribution in [-0.2, 0) is 4.74 Å². The van der Waals surface area contributed by atoms with E-state index in [1.807, 2.05) is 19.1 Å². The highest BCUT2D eigenvalue weighted by atomic mass is 16.5. The number of hydrogen-bond acceptors (Lipinski definition) is 5. The molecule has 124 valence electrons. The van der Waals surface area contributed by atoms with Gasteiger partial charge in [-0.05, 0) is 55.2 Å². The van der Waals surface area contributed by atoms with Crippen molar-refractivity contribution in [1.82, 2.24) is 4.98 Å². The Hall–Kier alpha value is -2.58. The van der Waals surface area contributed by atoms with Crippen LogP contribution >= 0.6 is 0 Å². The summed E-state index contributed by atoms with van der Waals surface area (Å²) < 4.78 is 11.0. The third-order valence-electron chi connectivity index (χ3n) is 4.65. The number of nitrogen functional groups attached to an aromatic ring is 1. The Balaban J connectivity index is 2.19. The number of methoxy groups -OCH3 is 1. The molecule has 0 amide bonds. The highest BCUT2D eigenvalue weighted by molar-refractivity contribution is 5.73. The fraction of sp³-hybridized carbons (Fsp3) is 0.368. The van der Waals surface area contributed by atoms with Crippen molar-refractivity contribution in [3.8, 4) is 23.1 Å². The van der Waals surface area contributed by atoms with Gasteiger partial charge in [0.25, 0.3) is 0 Å².